The molecule has 2 aromatic rings. The van der Waals surface area contributed by atoms with Gasteiger partial charge >= 0.3 is 0 Å². The van der Waals surface area contributed by atoms with Gasteiger partial charge in [-0.3, -0.25) is 0 Å². The fourth-order valence-electron chi connectivity index (χ4n) is 1.79. The predicted octanol–water partition coefficient (Wildman–Crippen LogP) is 2.55. The lowest BCUT2D eigenvalue weighted by Gasteiger charge is -2.10. The van der Waals surface area contributed by atoms with E-state index in [4.69, 9.17) is 5.73 Å². The molecular weight excluding hydrogens is 292 g/mol. The van der Waals surface area contributed by atoms with Crippen LogP contribution in [0.4, 0.5) is 0 Å². The number of hydrogen-bond acceptors (Lipinski definition) is 4. The molecule has 6 heteroatoms. The van der Waals surface area contributed by atoms with Crippen molar-refractivity contribution in [3.8, 4) is 0 Å². The van der Waals surface area contributed by atoms with Gasteiger partial charge in [-0.2, -0.15) is 0 Å². The molecule has 0 bridgehead atoms. The minimum absolute atomic E-state index is 0.190. The van der Waals surface area contributed by atoms with E-state index in [0.29, 0.717) is 6.54 Å². The summed E-state index contributed by atoms with van der Waals surface area (Å²) in [7, 11) is -3.51. The zero-order valence-electron chi connectivity index (χ0n) is 11.5. The fourth-order valence-corrected chi connectivity index (χ4v) is 3.78. The van der Waals surface area contributed by atoms with Crippen LogP contribution in [0.15, 0.2) is 40.6 Å². The highest BCUT2D eigenvalue weighted by molar-refractivity contribution is 7.89. The first kappa shape index (κ1) is 15.2. The Morgan fingerprint density at radius 2 is 2.10 bits per heavy atom. The maximum absolute atomic E-state index is 12.3. The molecule has 0 radical (unpaired) electrons. The third-order valence-electron chi connectivity index (χ3n) is 3.09. The van der Waals surface area contributed by atoms with Crippen molar-refractivity contribution in [2.24, 2.45) is 5.73 Å². The Hall–Kier alpha value is -1.21. The SMILES string of the molecule is Cc1ccsc1CNS(=O)(=O)c1cccc(C(C)N)c1. The third kappa shape index (κ3) is 3.46. The first-order valence-corrected chi connectivity index (χ1v) is 8.64. The Morgan fingerprint density at radius 1 is 1.35 bits per heavy atom. The van der Waals surface area contributed by atoms with Gasteiger partial charge in [0.05, 0.1) is 4.90 Å². The summed E-state index contributed by atoms with van der Waals surface area (Å²) in [6, 6.07) is 8.52. The Kier molecular flexibility index (Phi) is 4.59. The van der Waals surface area contributed by atoms with E-state index in [-0.39, 0.29) is 10.9 Å². The summed E-state index contributed by atoms with van der Waals surface area (Å²) in [6.07, 6.45) is 0. The lowest BCUT2D eigenvalue weighted by Crippen LogP contribution is -2.23. The van der Waals surface area contributed by atoms with E-state index in [1.165, 1.54) is 0 Å². The molecule has 0 amide bonds. The monoisotopic (exact) mass is 310 g/mol. The molecule has 0 aliphatic carbocycles. The van der Waals surface area contributed by atoms with Gasteiger partial charge in [0.15, 0.2) is 0 Å². The number of aryl methyl sites for hydroxylation is 1. The van der Waals surface area contributed by atoms with Crippen molar-refractivity contribution in [3.63, 3.8) is 0 Å². The molecule has 0 fully saturated rings. The van der Waals surface area contributed by atoms with Gasteiger partial charge in [-0.15, -0.1) is 11.3 Å². The van der Waals surface area contributed by atoms with E-state index in [9.17, 15) is 8.42 Å². The third-order valence-corrected chi connectivity index (χ3v) is 5.51. The van der Waals surface area contributed by atoms with Crippen molar-refractivity contribution < 1.29 is 8.42 Å². The maximum atomic E-state index is 12.3. The standard InChI is InChI=1S/C14H18N2O2S2/c1-10-6-7-19-14(10)9-16-20(17,18)13-5-3-4-12(8-13)11(2)15/h3-8,11,16H,9,15H2,1-2H3. The van der Waals surface area contributed by atoms with Crippen molar-refractivity contribution in [3.05, 3.63) is 51.7 Å². The highest BCUT2D eigenvalue weighted by Gasteiger charge is 2.15. The molecule has 20 heavy (non-hydrogen) atoms. The van der Waals surface area contributed by atoms with Gasteiger partial charge in [-0.25, -0.2) is 13.1 Å². The Balaban J connectivity index is 2.18. The summed E-state index contributed by atoms with van der Waals surface area (Å²) in [4.78, 5) is 1.28. The number of thiophene rings is 1. The molecule has 2 rings (SSSR count). The molecule has 1 unspecified atom stereocenters. The van der Waals surface area contributed by atoms with Crippen LogP contribution in [-0.2, 0) is 16.6 Å². The molecular formula is C14H18N2O2S2. The van der Waals surface area contributed by atoms with Gasteiger partial charge in [-0.1, -0.05) is 12.1 Å². The molecule has 1 heterocycles. The molecule has 0 aliphatic rings. The van der Waals surface area contributed by atoms with Gasteiger partial charge < -0.3 is 5.73 Å². The van der Waals surface area contributed by atoms with Gasteiger partial charge in [0, 0.05) is 17.5 Å². The average Bonchev–Trinajstić information content (AvgIpc) is 2.82. The number of rotatable bonds is 5. The van der Waals surface area contributed by atoms with Crippen LogP contribution in [-0.4, -0.2) is 8.42 Å². The lowest BCUT2D eigenvalue weighted by molar-refractivity contribution is 0.581. The molecule has 4 nitrogen and oxygen atoms in total. The highest BCUT2D eigenvalue weighted by atomic mass is 32.2. The zero-order chi connectivity index (χ0) is 14.8. The molecule has 0 spiro atoms. The fraction of sp³-hybridized carbons (Fsp3) is 0.286. The van der Waals surface area contributed by atoms with Crippen molar-refractivity contribution in [2.45, 2.75) is 31.3 Å². The highest BCUT2D eigenvalue weighted by Crippen LogP contribution is 2.18. The van der Waals surface area contributed by atoms with Gasteiger partial charge in [0.1, 0.15) is 0 Å². The number of nitrogens with two attached hydrogens (primary N) is 1. The van der Waals surface area contributed by atoms with Crippen LogP contribution in [0.25, 0.3) is 0 Å². The van der Waals surface area contributed by atoms with Crippen molar-refractivity contribution in [2.75, 3.05) is 0 Å². The number of sulfonamides is 1. The van der Waals surface area contributed by atoms with Crippen molar-refractivity contribution in [1.82, 2.24) is 4.72 Å². The smallest absolute Gasteiger partial charge is 0.240 e. The minimum atomic E-state index is -3.51. The van der Waals surface area contributed by atoms with E-state index < -0.39 is 10.0 Å². The maximum Gasteiger partial charge on any atom is 0.240 e. The molecule has 108 valence electrons. The Labute approximate surface area is 123 Å². The zero-order valence-corrected chi connectivity index (χ0v) is 13.1. The lowest BCUT2D eigenvalue weighted by atomic mass is 10.1. The second-order valence-electron chi connectivity index (χ2n) is 4.71. The molecule has 1 atom stereocenters. The summed E-state index contributed by atoms with van der Waals surface area (Å²) in [5.74, 6) is 0. The second-order valence-corrected chi connectivity index (χ2v) is 7.48. The van der Waals surface area contributed by atoms with Crippen LogP contribution in [0, 0.1) is 6.92 Å². The van der Waals surface area contributed by atoms with E-state index in [1.54, 1.807) is 29.5 Å². The number of benzene rings is 1. The topological polar surface area (TPSA) is 72.2 Å². The minimum Gasteiger partial charge on any atom is -0.324 e. The molecule has 3 N–H and O–H groups in total. The Morgan fingerprint density at radius 3 is 2.70 bits per heavy atom. The first-order valence-electron chi connectivity index (χ1n) is 6.28. The van der Waals surface area contributed by atoms with Crippen LogP contribution >= 0.6 is 11.3 Å². The summed E-state index contributed by atoms with van der Waals surface area (Å²) >= 11 is 1.55. The Bertz CT molecular complexity index is 691. The van der Waals surface area contributed by atoms with Crippen LogP contribution in [0.1, 0.15) is 29.0 Å². The summed E-state index contributed by atoms with van der Waals surface area (Å²) < 4.78 is 27.2. The normalized spacial score (nSPS) is 13.3. The molecule has 1 aromatic carbocycles. The second kappa shape index (κ2) is 6.05. The summed E-state index contributed by atoms with van der Waals surface area (Å²) in [5, 5.41) is 1.95. The molecule has 0 saturated heterocycles. The van der Waals surface area contributed by atoms with Crippen molar-refractivity contribution in [1.29, 1.82) is 0 Å². The van der Waals surface area contributed by atoms with Crippen molar-refractivity contribution >= 4 is 21.4 Å². The quantitative estimate of drug-likeness (QED) is 0.891. The number of nitrogens with one attached hydrogen (secondary N) is 1. The summed E-state index contributed by atoms with van der Waals surface area (Å²) in [6.45, 7) is 4.11. The number of hydrogen-bond donors (Lipinski definition) is 2. The molecule has 0 aliphatic heterocycles. The van der Waals surface area contributed by atoms with Gasteiger partial charge in [0.2, 0.25) is 10.0 Å². The molecule has 1 aromatic heterocycles. The van der Waals surface area contributed by atoms with Crippen LogP contribution < -0.4 is 10.5 Å². The van der Waals surface area contributed by atoms with E-state index in [2.05, 4.69) is 4.72 Å². The van der Waals surface area contributed by atoms with Crippen LogP contribution in [0.2, 0.25) is 0 Å². The van der Waals surface area contributed by atoms with E-state index >= 15 is 0 Å². The average molecular weight is 310 g/mol. The predicted molar refractivity (Wildman–Crippen MR) is 82.1 cm³/mol. The van der Waals surface area contributed by atoms with Crippen LogP contribution in [0.3, 0.4) is 0 Å². The van der Waals surface area contributed by atoms with E-state index in [0.717, 1.165) is 16.0 Å². The first-order chi connectivity index (χ1) is 9.40. The molecule has 0 saturated carbocycles. The van der Waals surface area contributed by atoms with Gasteiger partial charge in [0.25, 0.3) is 0 Å². The largest absolute Gasteiger partial charge is 0.324 e. The van der Waals surface area contributed by atoms with Gasteiger partial charge in [-0.05, 0) is 48.6 Å². The summed E-state index contributed by atoms with van der Waals surface area (Å²) in [5.41, 5.74) is 7.69. The van der Waals surface area contributed by atoms with E-state index in [1.807, 2.05) is 31.4 Å². The van der Waals surface area contributed by atoms with Crippen LogP contribution in [0.5, 0.6) is 0 Å².